The second kappa shape index (κ2) is 5.41. The molecule has 0 saturated carbocycles. The van der Waals surface area contributed by atoms with Crippen molar-refractivity contribution in [2.45, 2.75) is 20.8 Å². The van der Waals surface area contributed by atoms with Crippen LogP contribution < -0.4 is 0 Å². The fourth-order valence-corrected chi connectivity index (χ4v) is 2.91. The largest absolute Gasteiger partial charge is 0.318 e. The van der Waals surface area contributed by atoms with Crippen LogP contribution in [0, 0.1) is 6.92 Å². The first-order valence-electron chi connectivity index (χ1n) is 6.10. The summed E-state index contributed by atoms with van der Waals surface area (Å²) >= 11 is 1.74. The van der Waals surface area contributed by atoms with Crippen molar-refractivity contribution in [2.75, 3.05) is 13.1 Å². The second-order valence-corrected chi connectivity index (χ2v) is 4.64. The molecule has 2 aliphatic heterocycles. The second-order valence-electron chi connectivity index (χ2n) is 3.81. The van der Waals surface area contributed by atoms with E-state index in [1.165, 1.54) is 16.8 Å². The molecule has 2 heterocycles. The van der Waals surface area contributed by atoms with Crippen molar-refractivity contribution in [3.05, 3.63) is 40.8 Å². The molecule has 0 aromatic heterocycles. The summed E-state index contributed by atoms with van der Waals surface area (Å²) in [6, 6.07) is 8.64. The first-order valence-corrected chi connectivity index (χ1v) is 6.98. The average Bonchev–Trinajstić information content (AvgIpc) is 2.93. The van der Waals surface area contributed by atoms with E-state index in [2.05, 4.69) is 46.5 Å². The predicted octanol–water partition coefficient (Wildman–Crippen LogP) is 3.74. The fraction of sp³-hybridized carbons (Fsp3) is 0.357. The van der Waals surface area contributed by atoms with Crippen molar-refractivity contribution >= 4 is 22.6 Å². The van der Waals surface area contributed by atoms with Gasteiger partial charge in [0.25, 0.3) is 0 Å². The van der Waals surface area contributed by atoms with Gasteiger partial charge in [0.1, 0.15) is 0 Å². The standard InChI is InChI=1S/C12H12N2S.C2H6/c1-9-3-2-4-10(7-9)11-8-15-12-13-5-6-14(11)12;1-2/h2-4,7-8H,5-6H2,1H3;1-2H3. The van der Waals surface area contributed by atoms with Crippen LogP contribution in [0.1, 0.15) is 25.0 Å². The summed E-state index contributed by atoms with van der Waals surface area (Å²) in [5.74, 6) is 0. The normalized spacial score (nSPS) is 17.0. The Morgan fingerprint density at radius 1 is 1.29 bits per heavy atom. The lowest BCUT2D eigenvalue weighted by Crippen LogP contribution is -2.19. The minimum Gasteiger partial charge on any atom is -0.318 e. The number of thioether (sulfide) groups is 1. The number of hydrogen-bond donors (Lipinski definition) is 0. The van der Waals surface area contributed by atoms with Gasteiger partial charge in [-0.15, -0.1) is 0 Å². The van der Waals surface area contributed by atoms with Gasteiger partial charge in [-0.1, -0.05) is 49.4 Å². The molecule has 0 unspecified atom stereocenters. The van der Waals surface area contributed by atoms with Crippen molar-refractivity contribution in [3.8, 4) is 0 Å². The smallest absolute Gasteiger partial charge is 0.168 e. The van der Waals surface area contributed by atoms with Crippen molar-refractivity contribution < 1.29 is 0 Å². The summed E-state index contributed by atoms with van der Waals surface area (Å²) in [6.07, 6.45) is 0. The minimum atomic E-state index is 0.936. The summed E-state index contributed by atoms with van der Waals surface area (Å²) < 4.78 is 0. The van der Waals surface area contributed by atoms with Gasteiger partial charge in [-0.2, -0.15) is 0 Å². The van der Waals surface area contributed by atoms with E-state index in [-0.39, 0.29) is 0 Å². The van der Waals surface area contributed by atoms with Crippen LogP contribution in [0.2, 0.25) is 0 Å². The number of benzene rings is 1. The van der Waals surface area contributed by atoms with E-state index in [0.29, 0.717) is 0 Å². The van der Waals surface area contributed by atoms with E-state index in [9.17, 15) is 0 Å². The fourth-order valence-electron chi connectivity index (χ4n) is 1.95. The molecule has 0 aliphatic carbocycles. The third-order valence-corrected chi connectivity index (χ3v) is 3.58. The number of aliphatic imine (C=N–C) groups is 1. The first kappa shape index (κ1) is 12.2. The van der Waals surface area contributed by atoms with Gasteiger partial charge in [0, 0.05) is 12.0 Å². The van der Waals surface area contributed by atoms with E-state index in [1.54, 1.807) is 11.8 Å². The Balaban J connectivity index is 0.000000514. The molecule has 0 radical (unpaired) electrons. The highest BCUT2D eigenvalue weighted by molar-refractivity contribution is 8.16. The SMILES string of the molecule is CC.Cc1cccc(C2=CSC3=NCCN23)c1. The zero-order chi connectivity index (χ0) is 12.3. The Bertz CT molecular complexity index is 463. The molecule has 2 aliphatic rings. The van der Waals surface area contributed by atoms with Gasteiger partial charge in [-0.05, 0) is 18.6 Å². The molecule has 0 atom stereocenters. The number of aryl methyl sites for hydroxylation is 1. The Hall–Kier alpha value is -1.22. The first-order chi connectivity index (χ1) is 8.34. The van der Waals surface area contributed by atoms with Crippen molar-refractivity contribution in [1.82, 2.24) is 4.90 Å². The van der Waals surface area contributed by atoms with E-state index in [4.69, 9.17) is 0 Å². The van der Waals surface area contributed by atoms with Crippen LogP contribution in [0.5, 0.6) is 0 Å². The molecule has 0 saturated heterocycles. The van der Waals surface area contributed by atoms with Crippen LogP contribution in [0.15, 0.2) is 34.7 Å². The molecule has 0 N–H and O–H groups in total. The minimum absolute atomic E-state index is 0.936. The van der Waals surface area contributed by atoms with Crippen molar-refractivity contribution in [2.24, 2.45) is 4.99 Å². The maximum absolute atomic E-state index is 4.45. The maximum atomic E-state index is 4.45. The van der Waals surface area contributed by atoms with Crippen LogP contribution in [-0.4, -0.2) is 23.2 Å². The lowest BCUT2D eigenvalue weighted by atomic mass is 10.1. The Kier molecular flexibility index (Phi) is 3.89. The van der Waals surface area contributed by atoms with Gasteiger partial charge < -0.3 is 4.90 Å². The zero-order valence-corrected chi connectivity index (χ0v) is 11.4. The van der Waals surface area contributed by atoms with Crippen LogP contribution in [0.25, 0.3) is 5.70 Å². The molecule has 0 bridgehead atoms. The van der Waals surface area contributed by atoms with Gasteiger partial charge in [0.05, 0.1) is 12.2 Å². The molecule has 3 heteroatoms. The van der Waals surface area contributed by atoms with Crippen molar-refractivity contribution in [1.29, 1.82) is 0 Å². The van der Waals surface area contributed by atoms with Crippen LogP contribution >= 0.6 is 11.8 Å². The van der Waals surface area contributed by atoms with Crippen LogP contribution in [-0.2, 0) is 0 Å². The highest BCUT2D eigenvalue weighted by Gasteiger charge is 2.26. The molecule has 90 valence electrons. The summed E-state index contributed by atoms with van der Waals surface area (Å²) in [7, 11) is 0. The third-order valence-electron chi connectivity index (χ3n) is 2.68. The molecule has 0 fully saturated rings. The lowest BCUT2D eigenvalue weighted by molar-refractivity contribution is 0.650. The number of rotatable bonds is 1. The number of fused-ring (bicyclic) bond motifs is 1. The summed E-state index contributed by atoms with van der Waals surface area (Å²) in [5.41, 5.74) is 3.91. The summed E-state index contributed by atoms with van der Waals surface area (Å²) in [6.45, 7) is 8.10. The topological polar surface area (TPSA) is 15.6 Å². The Labute approximate surface area is 107 Å². The average molecular weight is 246 g/mol. The van der Waals surface area contributed by atoms with Gasteiger partial charge in [0.2, 0.25) is 0 Å². The van der Waals surface area contributed by atoms with E-state index < -0.39 is 0 Å². The molecule has 1 aromatic carbocycles. The highest BCUT2D eigenvalue weighted by atomic mass is 32.2. The molecule has 2 nitrogen and oxygen atoms in total. The Morgan fingerprint density at radius 2 is 2.12 bits per heavy atom. The quantitative estimate of drug-likeness (QED) is 0.750. The summed E-state index contributed by atoms with van der Waals surface area (Å²) in [4.78, 5) is 6.75. The lowest BCUT2D eigenvalue weighted by Gasteiger charge is -2.16. The summed E-state index contributed by atoms with van der Waals surface area (Å²) in [5, 5.41) is 3.36. The van der Waals surface area contributed by atoms with E-state index in [1.807, 2.05) is 13.8 Å². The number of hydrogen-bond acceptors (Lipinski definition) is 3. The monoisotopic (exact) mass is 246 g/mol. The predicted molar refractivity (Wildman–Crippen MR) is 77.1 cm³/mol. The Morgan fingerprint density at radius 3 is 2.88 bits per heavy atom. The van der Waals surface area contributed by atoms with Gasteiger partial charge in [-0.25, -0.2) is 0 Å². The number of nitrogens with zero attached hydrogens (tertiary/aromatic N) is 2. The molecular formula is C14H18N2S. The number of amidine groups is 1. The molecule has 3 rings (SSSR count). The molecule has 0 spiro atoms. The van der Waals surface area contributed by atoms with E-state index in [0.717, 1.165) is 18.3 Å². The molecule has 0 amide bonds. The zero-order valence-electron chi connectivity index (χ0n) is 10.6. The van der Waals surface area contributed by atoms with Crippen LogP contribution in [0.3, 0.4) is 0 Å². The van der Waals surface area contributed by atoms with Crippen LogP contribution in [0.4, 0.5) is 0 Å². The van der Waals surface area contributed by atoms with Crippen molar-refractivity contribution in [3.63, 3.8) is 0 Å². The third kappa shape index (κ3) is 2.39. The maximum Gasteiger partial charge on any atom is 0.168 e. The molecular weight excluding hydrogens is 228 g/mol. The van der Waals surface area contributed by atoms with E-state index >= 15 is 0 Å². The highest BCUT2D eigenvalue weighted by Crippen LogP contribution is 2.35. The van der Waals surface area contributed by atoms with Gasteiger partial charge in [0.15, 0.2) is 5.17 Å². The van der Waals surface area contributed by atoms with Gasteiger partial charge >= 0.3 is 0 Å². The van der Waals surface area contributed by atoms with Gasteiger partial charge in [-0.3, -0.25) is 4.99 Å². The molecule has 17 heavy (non-hydrogen) atoms. The molecule has 1 aromatic rings.